The summed E-state index contributed by atoms with van der Waals surface area (Å²) in [7, 11) is 0. The maximum atomic E-state index is 4.27. The number of nitrogens with zero attached hydrogens (tertiary/aromatic N) is 2. The summed E-state index contributed by atoms with van der Waals surface area (Å²) < 4.78 is 0. The number of hydrogen-bond donors (Lipinski definition) is 3. The Balaban J connectivity index is 1.89. The Labute approximate surface area is 109 Å². The summed E-state index contributed by atoms with van der Waals surface area (Å²) in [6.45, 7) is 7.44. The summed E-state index contributed by atoms with van der Waals surface area (Å²) >= 11 is 0. The molecule has 1 aliphatic heterocycles. The summed E-state index contributed by atoms with van der Waals surface area (Å²) in [6.07, 6.45) is 4.04. The van der Waals surface area contributed by atoms with E-state index in [1.54, 1.807) is 6.33 Å². The monoisotopic (exact) mass is 249 g/mol. The Morgan fingerprint density at radius 2 is 2.22 bits per heavy atom. The van der Waals surface area contributed by atoms with Crippen molar-refractivity contribution >= 4 is 11.6 Å². The summed E-state index contributed by atoms with van der Waals surface area (Å²) in [5.74, 6) is 2.41. The van der Waals surface area contributed by atoms with Crippen molar-refractivity contribution < 1.29 is 0 Å². The molecule has 0 radical (unpaired) electrons. The molecule has 2 heterocycles. The molecule has 2 rings (SSSR count). The zero-order valence-electron chi connectivity index (χ0n) is 11.2. The van der Waals surface area contributed by atoms with Crippen molar-refractivity contribution in [1.82, 2.24) is 15.3 Å². The van der Waals surface area contributed by atoms with Crippen molar-refractivity contribution in [1.29, 1.82) is 0 Å². The lowest BCUT2D eigenvalue weighted by molar-refractivity contribution is 0.479. The van der Waals surface area contributed by atoms with Gasteiger partial charge in [-0.05, 0) is 25.3 Å². The van der Waals surface area contributed by atoms with Gasteiger partial charge in [-0.15, -0.1) is 0 Å². The second-order valence-corrected chi connectivity index (χ2v) is 5.25. The largest absolute Gasteiger partial charge is 0.370 e. The van der Waals surface area contributed by atoms with Crippen LogP contribution in [0.4, 0.5) is 11.6 Å². The second-order valence-electron chi connectivity index (χ2n) is 5.25. The Kier molecular flexibility index (Phi) is 4.75. The predicted octanol–water partition coefficient (Wildman–Crippen LogP) is 1.71. The van der Waals surface area contributed by atoms with E-state index in [-0.39, 0.29) is 0 Å². The molecule has 1 aromatic heterocycles. The van der Waals surface area contributed by atoms with Crippen LogP contribution in [-0.2, 0) is 0 Å². The van der Waals surface area contributed by atoms with Gasteiger partial charge in [0, 0.05) is 25.2 Å². The molecule has 100 valence electrons. The van der Waals surface area contributed by atoms with Crippen LogP contribution in [0.15, 0.2) is 12.4 Å². The number of aromatic nitrogens is 2. The molecule has 0 amide bonds. The summed E-state index contributed by atoms with van der Waals surface area (Å²) in [6, 6.07) is 2.46. The lowest BCUT2D eigenvalue weighted by atomic mass is 10.1. The van der Waals surface area contributed by atoms with Crippen LogP contribution in [0.1, 0.15) is 26.7 Å². The van der Waals surface area contributed by atoms with Gasteiger partial charge in [0.2, 0.25) is 0 Å². The second kappa shape index (κ2) is 6.54. The fourth-order valence-corrected chi connectivity index (χ4v) is 2.03. The van der Waals surface area contributed by atoms with Crippen molar-refractivity contribution in [2.75, 3.05) is 30.3 Å². The highest BCUT2D eigenvalue weighted by molar-refractivity contribution is 5.47. The quantitative estimate of drug-likeness (QED) is 0.741. The molecule has 1 saturated heterocycles. The third kappa shape index (κ3) is 4.14. The van der Waals surface area contributed by atoms with Crippen LogP contribution in [0.5, 0.6) is 0 Å². The van der Waals surface area contributed by atoms with E-state index in [0.29, 0.717) is 12.0 Å². The Hall–Kier alpha value is -1.36. The predicted molar refractivity (Wildman–Crippen MR) is 74.9 cm³/mol. The van der Waals surface area contributed by atoms with E-state index < -0.39 is 0 Å². The zero-order chi connectivity index (χ0) is 12.8. The van der Waals surface area contributed by atoms with Crippen LogP contribution in [-0.4, -0.2) is 35.6 Å². The minimum Gasteiger partial charge on any atom is -0.370 e. The molecule has 1 fully saturated rings. The van der Waals surface area contributed by atoms with Crippen LogP contribution in [0, 0.1) is 5.92 Å². The first-order valence-electron chi connectivity index (χ1n) is 6.77. The molecule has 3 N–H and O–H groups in total. The van der Waals surface area contributed by atoms with E-state index in [1.807, 2.05) is 6.07 Å². The first-order chi connectivity index (χ1) is 8.74. The molecule has 1 aromatic rings. The molecule has 0 aromatic carbocycles. The van der Waals surface area contributed by atoms with E-state index in [9.17, 15) is 0 Å². The van der Waals surface area contributed by atoms with Crippen LogP contribution in [0.25, 0.3) is 0 Å². The molecular formula is C13H23N5. The number of rotatable bonds is 5. The van der Waals surface area contributed by atoms with Crippen molar-refractivity contribution in [2.24, 2.45) is 5.92 Å². The van der Waals surface area contributed by atoms with Crippen molar-refractivity contribution in [3.05, 3.63) is 12.4 Å². The van der Waals surface area contributed by atoms with Crippen LogP contribution in [0.2, 0.25) is 0 Å². The van der Waals surface area contributed by atoms with Crippen molar-refractivity contribution in [3.63, 3.8) is 0 Å². The van der Waals surface area contributed by atoms with Gasteiger partial charge in [0.1, 0.15) is 18.0 Å². The van der Waals surface area contributed by atoms with Gasteiger partial charge in [0.05, 0.1) is 0 Å². The van der Waals surface area contributed by atoms with Gasteiger partial charge in [-0.2, -0.15) is 0 Å². The lowest BCUT2D eigenvalue weighted by Gasteiger charge is -2.24. The normalized spacial score (nSPS) is 19.8. The van der Waals surface area contributed by atoms with Crippen molar-refractivity contribution in [3.8, 4) is 0 Å². The average Bonchev–Trinajstić information content (AvgIpc) is 2.38. The highest BCUT2D eigenvalue weighted by atomic mass is 15.1. The van der Waals surface area contributed by atoms with E-state index >= 15 is 0 Å². The number of piperidine rings is 1. The number of anilines is 2. The summed E-state index contributed by atoms with van der Waals surface area (Å²) in [4.78, 5) is 8.50. The smallest absolute Gasteiger partial charge is 0.131 e. The molecule has 0 saturated carbocycles. The fourth-order valence-electron chi connectivity index (χ4n) is 2.03. The topological polar surface area (TPSA) is 61.9 Å². The standard InChI is InChI=1S/C13H23N5/c1-10(2)7-15-12-6-13(17-9-16-12)18-11-4-3-5-14-8-11/h6,9-11,14H,3-5,7-8H2,1-2H3,(H2,15,16,17,18). The molecular weight excluding hydrogens is 226 g/mol. The van der Waals surface area contributed by atoms with E-state index in [4.69, 9.17) is 0 Å². The van der Waals surface area contributed by atoms with Gasteiger partial charge < -0.3 is 16.0 Å². The van der Waals surface area contributed by atoms with Gasteiger partial charge >= 0.3 is 0 Å². The molecule has 1 unspecified atom stereocenters. The Morgan fingerprint density at radius 3 is 2.94 bits per heavy atom. The molecule has 0 bridgehead atoms. The van der Waals surface area contributed by atoms with E-state index in [1.165, 1.54) is 12.8 Å². The molecule has 1 atom stereocenters. The third-order valence-corrected chi connectivity index (χ3v) is 3.01. The van der Waals surface area contributed by atoms with Crippen LogP contribution < -0.4 is 16.0 Å². The average molecular weight is 249 g/mol. The minimum atomic E-state index is 0.478. The molecule has 1 aliphatic rings. The number of hydrogen-bond acceptors (Lipinski definition) is 5. The Bertz CT molecular complexity index is 360. The molecule has 5 nitrogen and oxygen atoms in total. The SMILES string of the molecule is CC(C)CNc1cc(NC2CCCNC2)ncn1. The summed E-state index contributed by atoms with van der Waals surface area (Å²) in [5.41, 5.74) is 0. The highest BCUT2D eigenvalue weighted by Crippen LogP contribution is 2.13. The first kappa shape index (κ1) is 13.1. The fraction of sp³-hybridized carbons (Fsp3) is 0.692. The molecule has 18 heavy (non-hydrogen) atoms. The maximum absolute atomic E-state index is 4.27. The first-order valence-corrected chi connectivity index (χ1v) is 6.77. The van der Waals surface area contributed by atoms with Gasteiger partial charge in [0.25, 0.3) is 0 Å². The van der Waals surface area contributed by atoms with Crippen LogP contribution >= 0.6 is 0 Å². The van der Waals surface area contributed by atoms with Gasteiger partial charge in [-0.1, -0.05) is 13.8 Å². The number of nitrogens with one attached hydrogen (secondary N) is 3. The molecule has 0 spiro atoms. The van der Waals surface area contributed by atoms with Crippen LogP contribution in [0.3, 0.4) is 0 Å². The van der Waals surface area contributed by atoms with Gasteiger partial charge in [0.15, 0.2) is 0 Å². The van der Waals surface area contributed by atoms with Crippen molar-refractivity contribution in [2.45, 2.75) is 32.7 Å². The van der Waals surface area contributed by atoms with E-state index in [2.05, 4.69) is 39.8 Å². The highest BCUT2D eigenvalue weighted by Gasteiger charge is 2.13. The Morgan fingerprint density at radius 1 is 1.39 bits per heavy atom. The molecule has 5 heteroatoms. The summed E-state index contributed by atoms with van der Waals surface area (Å²) in [5, 5.41) is 10.2. The van der Waals surface area contributed by atoms with Gasteiger partial charge in [-0.25, -0.2) is 9.97 Å². The minimum absolute atomic E-state index is 0.478. The zero-order valence-corrected chi connectivity index (χ0v) is 11.2. The lowest BCUT2D eigenvalue weighted by Crippen LogP contribution is -2.38. The third-order valence-electron chi connectivity index (χ3n) is 3.01. The van der Waals surface area contributed by atoms with Gasteiger partial charge in [-0.3, -0.25) is 0 Å². The molecule has 0 aliphatic carbocycles. The van der Waals surface area contributed by atoms with E-state index in [0.717, 1.165) is 31.3 Å². The maximum Gasteiger partial charge on any atom is 0.131 e.